The van der Waals surface area contributed by atoms with Crippen molar-refractivity contribution >= 4 is 59.7 Å². The maximum Gasteiger partial charge on any atom is 0.257 e. The van der Waals surface area contributed by atoms with Gasteiger partial charge in [0.25, 0.3) is 5.91 Å². The van der Waals surface area contributed by atoms with Gasteiger partial charge < -0.3 is 0 Å². The van der Waals surface area contributed by atoms with E-state index in [4.69, 9.17) is 0 Å². The molecule has 3 aromatic rings. The first-order chi connectivity index (χ1) is 14.3. The zero-order valence-corrected chi connectivity index (χ0v) is 20.2. The number of hydrogen-bond acceptors (Lipinski definition) is 6. The Bertz CT molecular complexity index is 1160. The molecule has 1 atom stereocenters. The number of carbonyl (C=O) groups excluding carboxylic acids is 1. The van der Waals surface area contributed by atoms with Crippen LogP contribution in [0.25, 0.3) is 10.6 Å². The van der Waals surface area contributed by atoms with Crippen molar-refractivity contribution in [1.29, 1.82) is 0 Å². The number of thiazole rings is 1. The van der Waals surface area contributed by atoms with Crippen LogP contribution in [-0.2, 0) is 10.0 Å². The van der Waals surface area contributed by atoms with Crippen molar-refractivity contribution in [3.8, 4) is 10.6 Å². The predicted molar refractivity (Wildman–Crippen MR) is 125 cm³/mol. The van der Waals surface area contributed by atoms with Gasteiger partial charge in [0.05, 0.1) is 19.3 Å². The maximum atomic E-state index is 12.9. The molecule has 0 aliphatic carbocycles. The van der Waals surface area contributed by atoms with Gasteiger partial charge in [-0.3, -0.25) is 10.1 Å². The van der Waals surface area contributed by atoms with Crippen LogP contribution in [0.1, 0.15) is 30.1 Å². The van der Waals surface area contributed by atoms with Crippen molar-refractivity contribution in [3.05, 3.63) is 51.1 Å². The molecular weight excluding hydrogens is 506 g/mol. The molecule has 0 spiro atoms. The molecule has 1 aliphatic rings. The van der Waals surface area contributed by atoms with Crippen LogP contribution in [0.15, 0.2) is 50.5 Å². The molecular formula is C20H20BrN3O3S3. The van der Waals surface area contributed by atoms with Gasteiger partial charge in [-0.1, -0.05) is 6.92 Å². The summed E-state index contributed by atoms with van der Waals surface area (Å²) < 4.78 is 28.3. The number of thiophene rings is 1. The van der Waals surface area contributed by atoms with Gasteiger partial charge in [0, 0.05) is 24.0 Å². The van der Waals surface area contributed by atoms with Crippen molar-refractivity contribution in [1.82, 2.24) is 9.29 Å². The number of rotatable bonds is 5. The Kier molecular flexibility index (Phi) is 6.40. The lowest BCUT2D eigenvalue weighted by Gasteiger charge is -2.30. The van der Waals surface area contributed by atoms with E-state index in [2.05, 4.69) is 33.2 Å². The summed E-state index contributed by atoms with van der Waals surface area (Å²) >= 11 is 6.35. The van der Waals surface area contributed by atoms with Crippen molar-refractivity contribution in [2.24, 2.45) is 5.92 Å². The van der Waals surface area contributed by atoms with Crippen LogP contribution in [-0.4, -0.2) is 36.7 Å². The van der Waals surface area contributed by atoms with Crippen LogP contribution in [0, 0.1) is 5.92 Å². The lowest BCUT2D eigenvalue weighted by Crippen LogP contribution is -2.39. The van der Waals surface area contributed by atoms with E-state index < -0.39 is 10.0 Å². The van der Waals surface area contributed by atoms with E-state index in [0.29, 0.717) is 29.7 Å². The molecule has 1 unspecified atom stereocenters. The van der Waals surface area contributed by atoms with Gasteiger partial charge in [-0.2, -0.15) is 4.31 Å². The SMILES string of the molecule is CC1CCCN(S(=O)(=O)c2ccc(C(=O)Nc3nc(-c4ccc(Br)s4)cs3)cc2)C1. The topological polar surface area (TPSA) is 79.4 Å². The van der Waals surface area contributed by atoms with Crippen molar-refractivity contribution in [3.63, 3.8) is 0 Å². The number of nitrogens with zero attached hydrogens (tertiary/aromatic N) is 2. The van der Waals surface area contributed by atoms with E-state index in [1.165, 1.54) is 27.8 Å². The average molecular weight is 527 g/mol. The first kappa shape index (κ1) is 21.6. The average Bonchev–Trinajstić information content (AvgIpc) is 3.37. The molecule has 6 nitrogen and oxygen atoms in total. The summed E-state index contributed by atoms with van der Waals surface area (Å²) in [5.74, 6) is 0.0378. The Balaban J connectivity index is 1.45. The lowest BCUT2D eigenvalue weighted by atomic mass is 10.0. The summed E-state index contributed by atoms with van der Waals surface area (Å²) in [4.78, 5) is 18.2. The standard InChI is InChI=1S/C20H20BrN3O3S3/c1-13-3-2-10-24(11-13)30(26,27)15-6-4-14(5-7-15)19(25)23-20-22-16(12-28-20)17-8-9-18(21)29-17/h4-9,12-13H,2-3,10-11H2,1H3,(H,22,23,25). The molecule has 30 heavy (non-hydrogen) atoms. The van der Waals surface area contributed by atoms with Gasteiger partial charge in [0.15, 0.2) is 5.13 Å². The molecule has 1 saturated heterocycles. The van der Waals surface area contributed by atoms with Gasteiger partial charge in [-0.25, -0.2) is 13.4 Å². The van der Waals surface area contributed by atoms with Crippen LogP contribution in [0.3, 0.4) is 0 Å². The van der Waals surface area contributed by atoms with E-state index in [9.17, 15) is 13.2 Å². The minimum absolute atomic E-state index is 0.216. The number of amides is 1. The quantitative estimate of drug-likeness (QED) is 0.489. The molecule has 1 aliphatic heterocycles. The fourth-order valence-electron chi connectivity index (χ4n) is 3.36. The minimum atomic E-state index is -3.53. The Hall–Kier alpha value is -1.59. The van der Waals surface area contributed by atoms with Crippen LogP contribution in [0.4, 0.5) is 5.13 Å². The second kappa shape index (κ2) is 8.88. The number of aromatic nitrogens is 1. The third-order valence-corrected chi connectivity index (χ3v) is 9.21. The van der Waals surface area contributed by atoms with Gasteiger partial charge in [0.1, 0.15) is 0 Å². The number of benzene rings is 1. The highest BCUT2D eigenvalue weighted by molar-refractivity contribution is 9.11. The minimum Gasteiger partial charge on any atom is -0.298 e. The second-order valence-electron chi connectivity index (χ2n) is 7.23. The van der Waals surface area contributed by atoms with E-state index >= 15 is 0 Å². The van der Waals surface area contributed by atoms with Crippen LogP contribution in [0.2, 0.25) is 0 Å². The maximum absolute atomic E-state index is 12.9. The Morgan fingerprint density at radius 3 is 2.67 bits per heavy atom. The smallest absolute Gasteiger partial charge is 0.257 e. The summed E-state index contributed by atoms with van der Waals surface area (Å²) in [6, 6.07) is 10.0. The van der Waals surface area contributed by atoms with Crippen molar-refractivity contribution in [2.45, 2.75) is 24.7 Å². The van der Waals surface area contributed by atoms with Gasteiger partial charge in [-0.05, 0) is 71.1 Å². The summed E-state index contributed by atoms with van der Waals surface area (Å²) in [7, 11) is -3.53. The Labute approximate surface area is 192 Å². The summed E-state index contributed by atoms with van der Waals surface area (Å²) in [6.45, 7) is 3.15. The normalized spacial score (nSPS) is 17.7. The predicted octanol–water partition coefficient (Wildman–Crippen LogP) is 5.31. The Morgan fingerprint density at radius 2 is 2.00 bits per heavy atom. The Morgan fingerprint density at radius 1 is 1.23 bits per heavy atom. The van der Waals surface area contributed by atoms with E-state index in [-0.39, 0.29) is 10.8 Å². The molecule has 0 radical (unpaired) electrons. The number of anilines is 1. The molecule has 0 bridgehead atoms. The molecule has 1 aromatic carbocycles. The van der Waals surface area contributed by atoms with E-state index in [1.807, 2.05) is 17.5 Å². The lowest BCUT2D eigenvalue weighted by molar-refractivity contribution is 0.102. The second-order valence-corrected chi connectivity index (χ2v) is 12.5. The molecule has 3 heterocycles. The van der Waals surface area contributed by atoms with Crippen LogP contribution in [0.5, 0.6) is 0 Å². The molecule has 1 N–H and O–H groups in total. The first-order valence-corrected chi connectivity index (χ1v) is 13.4. The molecule has 158 valence electrons. The number of carbonyl (C=O) groups is 1. The van der Waals surface area contributed by atoms with Crippen molar-refractivity contribution < 1.29 is 13.2 Å². The number of halogens is 1. The van der Waals surface area contributed by atoms with Crippen LogP contribution >= 0.6 is 38.6 Å². The van der Waals surface area contributed by atoms with E-state index in [0.717, 1.165) is 27.2 Å². The zero-order chi connectivity index (χ0) is 21.3. The first-order valence-electron chi connectivity index (χ1n) is 9.46. The number of piperidine rings is 1. The highest BCUT2D eigenvalue weighted by Gasteiger charge is 2.28. The molecule has 1 amide bonds. The molecule has 0 saturated carbocycles. The molecule has 10 heteroatoms. The van der Waals surface area contributed by atoms with Crippen LogP contribution < -0.4 is 5.32 Å². The molecule has 4 rings (SSSR count). The highest BCUT2D eigenvalue weighted by Crippen LogP contribution is 2.33. The number of nitrogens with one attached hydrogen (secondary N) is 1. The summed E-state index contributed by atoms with van der Waals surface area (Å²) in [6.07, 6.45) is 1.92. The number of sulfonamides is 1. The zero-order valence-electron chi connectivity index (χ0n) is 16.2. The highest BCUT2D eigenvalue weighted by atomic mass is 79.9. The third-order valence-electron chi connectivity index (χ3n) is 4.92. The number of hydrogen-bond donors (Lipinski definition) is 1. The monoisotopic (exact) mass is 525 g/mol. The largest absolute Gasteiger partial charge is 0.298 e. The van der Waals surface area contributed by atoms with Gasteiger partial charge in [-0.15, -0.1) is 22.7 Å². The molecule has 1 fully saturated rings. The summed E-state index contributed by atoms with van der Waals surface area (Å²) in [5, 5.41) is 5.17. The molecule has 2 aromatic heterocycles. The fraction of sp³-hybridized carbons (Fsp3) is 0.300. The summed E-state index contributed by atoms with van der Waals surface area (Å²) in [5.41, 5.74) is 1.19. The third kappa shape index (κ3) is 4.67. The van der Waals surface area contributed by atoms with Gasteiger partial charge >= 0.3 is 0 Å². The van der Waals surface area contributed by atoms with E-state index in [1.54, 1.807) is 23.5 Å². The van der Waals surface area contributed by atoms with Gasteiger partial charge in [0.2, 0.25) is 10.0 Å². The van der Waals surface area contributed by atoms with Crippen molar-refractivity contribution in [2.75, 3.05) is 18.4 Å². The fourth-order valence-corrected chi connectivity index (χ4v) is 7.08.